The van der Waals surface area contributed by atoms with Gasteiger partial charge in [0.2, 0.25) is 0 Å². The highest BCUT2D eigenvalue weighted by molar-refractivity contribution is 7.71. The molecule has 0 aliphatic rings. The molecule has 0 aliphatic carbocycles. The molecule has 2 heterocycles. The van der Waals surface area contributed by atoms with Crippen molar-refractivity contribution in [3.05, 3.63) is 46.1 Å². The fourth-order valence-electron chi connectivity index (χ4n) is 1.71. The number of halogens is 3. The van der Waals surface area contributed by atoms with E-state index >= 15 is 0 Å². The number of carbonyl (C=O) groups excluding carboxylic acids is 1. The van der Waals surface area contributed by atoms with Gasteiger partial charge in [0.05, 0.1) is 0 Å². The molecule has 0 aliphatic heterocycles. The molecule has 0 aromatic carbocycles. The molecule has 4 N–H and O–H groups in total. The number of aryl methyl sites for hydroxylation is 1. The van der Waals surface area contributed by atoms with E-state index in [2.05, 4.69) is 25.0 Å². The van der Waals surface area contributed by atoms with Crippen LogP contribution >= 0.6 is 12.2 Å². The molecule has 0 spiro atoms. The van der Waals surface area contributed by atoms with E-state index in [0.29, 0.717) is 11.3 Å². The lowest BCUT2D eigenvalue weighted by Crippen LogP contribution is -2.26. The van der Waals surface area contributed by atoms with Crippen molar-refractivity contribution in [3.8, 4) is 5.88 Å². The number of rotatable bonds is 5. The monoisotopic (exact) mass is 431 g/mol. The Morgan fingerprint density at radius 2 is 1.90 bits per heavy atom. The van der Waals surface area contributed by atoms with Crippen molar-refractivity contribution in [2.75, 3.05) is 6.61 Å². The van der Waals surface area contributed by atoms with Crippen LogP contribution in [0.3, 0.4) is 0 Å². The third-order valence-corrected chi connectivity index (χ3v) is 3.20. The molecule has 2 aromatic rings. The molecular formula is C18H24F3N5O2S. The third-order valence-electron chi connectivity index (χ3n) is 2.83. The second kappa shape index (κ2) is 10.3. The van der Waals surface area contributed by atoms with Crippen LogP contribution in [0.1, 0.15) is 42.5 Å². The summed E-state index contributed by atoms with van der Waals surface area (Å²) in [5, 5.41) is 2.62. The molecule has 0 unspecified atom stereocenters. The first-order valence-corrected chi connectivity index (χ1v) is 8.93. The van der Waals surface area contributed by atoms with Crippen LogP contribution in [-0.4, -0.2) is 39.2 Å². The highest BCUT2D eigenvalue weighted by Crippen LogP contribution is 2.17. The van der Waals surface area contributed by atoms with Crippen molar-refractivity contribution in [1.29, 1.82) is 0 Å². The Bertz CT molecular complexity index is 873. The number of hydrogen-bond acceptors (Lipinski definition) is 6. The summed E-state index contributed by atoms with van der Waals surface area (Å²) in [6, 6.07) is 4.33. The van der Waals surface area contributed by atoms with Crippen molar-refractivity contribution in [3.63, 3.8) is 0 Å². The number of aromatic nitrogens is 3. The largest absolute Gasteiger partial charge is 0.469 e. The summed E-state index contributed by atoms with van der Waals surface area (Å²) in [4.78, 5) is 22.2. The molecule has 0 radical (unpaired) electrons. The van der Waals surface area contributed by atoms with Gasteiger partial charge in [-0.05, 0) is 45.9 Å². The number of H-pyrrole nitrogens is 1. The second-order valence-electron chi connectivity index (χ2n) is 7.17. The SMILES string of the molecule is CC(C)(C)N.Cc1cc(C(=O)NCc2ccc(OCC(F)(F)F)[nH]c2=S)ncn1. The number of aromatic amines is 1. The minimum absolute atomic E-state index is 0. The van der Waals surface area contributed by atoms with Gasteiger partial charge in [-0.1, -0.05) is 12.2 Å². The zero-order valence-corrected chi connectivity index (χ0v) is 17.4. The molecule has 0 saturated carbocycles. The van der Waals surface area contributed by atoms with E-state index in [4.69, 9.17) is 18.0 Å². The van der Waals surface area contributed by atoms with Crippen molar-refractivity contribution in [2.24, 2.45) is 5.73 Å². The predicted molar refractivity (Wildman–Crippen MR) is 105 cm³/mol. The maximum atomic E-state index is 12.1. The van der Waals surface area contributed by atoms with Gasteiger partial charge in [-0.25, -0.2) is 9.97 Å². The molecule has 11 heteroatoms. The van der Waals surface area contributed by atoms with E-state index in [-0.39, 0.29) is 28.3 Å². The van der Waals surface area contributed by atoms with Crippen LogP contribution in [0.15, 0.2) is 24.5 Å². The van der Waals surface area contributed by atoms with E-state index in [1.54, 1.807) is 6.92 Å². The predicted octanol–water partition coefficient (Wildman–Crippen LogP) is 3.46. The quantitative estimate of drug-likeness (QED) is 0.626. The number of pyridine rings is 1. The van der Waals surface area contributed by atoms with Crippen LogP contribution in [0.4, 0.5) is 13.2 Å². The number of nitrogens with zero attached hydrogens (tertiary/aromatic N) is 2. The number of amides is 1. The number of hydrogen-bond donors (Lipinski definition) is 3. The molecule has 2 rings (SSSR count). The lowest BCUT2D eigenvalue weighted by Gasteiger charge is -2.10. The first-order chi connectivity index (χ1) is 13.2. The van der Waals surface area contributed by atoms with Crippen LogP contribution < -0.4 is 15.8 Å². The van der Waals surface area contributed by atoms with Gasteiger partial charge in [0.25, 0.3) is 5.91 Å². The molecule has 0 bridgehead atoms. The van der Waals surface area contributed by atoms with E-state index in [1.807, 2.05) is 20.8 Å². The van der Waals surface area contributed by atoms with Crippen molar-refractivity contribution >= 4 is 18.1 Å². The molecule has 7 nitrogen and oxygen atoms in total. The summed E-state index contributed by atoms with van der Waals surface area (Å²) in [5.41, 5.74) is 6.75. The average molecular weight is 431 g/mol. The molecular weight excluding hydrogens is 407 g/mol. The van der Waals surface area contributed by atoms with E-state index < -0.39 is 18.7 Å². The number of carbonyl (C=O) groups is 1. The van der Waals surface area contributed by atoms with Crippen LogP contribution in [0.25, 0.3) is 0 Å². The van der Waals surface area contributed by atoms with E-state index in [9.17, 15) is 18.0 Å². The Labute approximate surface area is 171 Å². The summed E-state index contributed by atoms with van der Waals surface area (Å²) in [6.45, 7) is 6.31. The third kappa shape index (κ3) is 11.2. The van der Waals surface area contributed by atoms with Gasteiger partial charge in [0, 0.05) is 23.3 Å². The second-order valence-corrected chi connectivity index (χ2v) is 7.58. The summed E-state index contributed by atoms with van der Waals surface area (Å²) in [6.07, 6.45) is -3.15. The maximum Gasteiger partial charge on any atom is 0.422 e. The first kappa shape index (κ1) is 24.5. The van der Waals surface area contributed by atoms with Gasteiger partial charge >= 0.3 is 6.18 Å². The van der Waals surface area contributed by atoms with Gasteiger partial charge in [-0.2, -0.15) is 13.2 Å². The molecule has 0 atom stereocenters. The molecule has 0 saturated heterocycles. The normalized spacial score (nSPS) is 11.3. The van der Waals surface area contributed by atoms with Gasteiger partial charge in [-0.3, -0.25) is 4.79 Å². The number of nitrogens with two attached hydrogens (primary N) is 1. The fraction of sp³-hybridized carbons (Fsp3) is 0.444. The lowest BCUT2D eigenvalue weighted by atomic mass is 10.1. The maximum absolute atomic E-state index is 12.1. The Morgan fingerprint density at radius 3 is 2.41 bits per heavy atom. The first-order valence-electron chi connectivity index (χ1n) is 8.52. The minimum Gasteiger partial charge on any atom is -0.469 e. The molecule has 160 valence electrons. The van der Waals surface area contributed by atoms with Crippen LogP contribution in [0.5, 0.6) is 5.88 Å². The summed E-state index contributed by atoms with van der Waals surface area (Å²) >= 11 is 5.04. The van der Waals surface area contributed by atoms with Crippen LogP contribution in [0, 0.1) is 11.6 Å². The van der Waals surface area contributed by atoms with Gasteiger partial charge in [-0.15, -0.1) is 0 Å². The lowest BCUT2D eigenvalue weighted by molar-refractivity contribution is -0.154. The standard InChI is InChI=1S/C14H13F3N4O2S.C4H11N/c1-8-4-10(20-7-19-8)12(22)18-5-9-2-3-11(21-13(9)24)23-6-14(15,16)17;1-4(2,3)5/h2-4,7H,5-6H2,1H3,(H,18,22)(H,21,24);5H2,1-3H3. The highest BCUT2D eigenvalue weighted by atomic mass is 32.1. The average Bonchev–Trinajstić information content (AvgIpc) is 2.57. The molecule has 1 amide bonds. The van der Waals surface area contributed by atoms with E-state index in [1.165, 1.54) is 24.5 Å². The van der Waals surface area contributed by atoms with Crippen molar-refractivity contribution in [1.82, 2.24) is 20.3 Å². The van der Waals surface area contributed by atoms with E-state index in [0.717, 1.165) is 0 Å². The fourth-order valence-corrected chi connectivity index (χ4v) is 1.95. The molecule has 2 aromatic heterocycles. The Morgan fingerprint density at radius 1 is 1.28 bits per heavy atom. The van der Waals surface area contributed by atoms with Crippen LogP contribution in [-0.2, 0) is 6.54 Å². The van der Waals surface area contributed by atoms with Gasteiger partial charge in [0.15, 0.2) is 12.5 Å². The van der Waals surface area contributed by atoms with Crippen molar-refractivity contribution in [2.45, 2.75) is 46.0 Å². The van der Waals surface area contributed by atoms with Crippen LogP contribution in [0.2, 0.25) is 0 Å². The highest BCUT2D eigenvalue weighted by Gasteiger charge is 2.28. The number of nitrogens with one attached hydrogen (secondary N) is 2. The molecule has 29 heavy (non-hydrogen) atoms. The minimum atomic E-state index is -4.43. The summed E-state index contributed by atoms with van der Waals surface area (Å²) in [5.74, 6) is -0.508. The van der Waals surface area contributed by atoms with Crippen molar-refractivity contribution < 1.29 is 22.7 Å². The zero-order chi connectivity index (χ0) is 22.2. The Balaban J connectivity index is 0.000000749. The smallest absolute Gasteiger partial charge is 0.422 e. The molecule has 0 fully saturated rings. The zero-order valence-electron chi connectivity index (χ0n) is 16.6. The number of alkyl halides is 3. The summed E-state index contributed by atoms with van der Waals surface area (Å²) < 4.78 is 41.0. The topological polar surface area (TPSA) is 106 Å². The van der Waals surface area contributed by atoms with Gasteiger partial charge < -0.3 is 20.8 Å². The Hall–Kier alpha value is -2.53. The number of ether oxygens (including phenoxy) is 1. The summed E-state index contributed by atoms with van der Waals surface area (Å²) in [7, 11) is 0. The Kier molecular flexibility index (Phi) is 8.71. The van der Waals surface area contributed by atoms with Gasteiger partial charge in [0.1, 0.15) is 16.7 Å².